The third-order valence-corrected chi connectivity index (χ3v) is 3.69. The highest BCUT2D eigenvalue weighted by Gasteiger charge is 2.32. The number of aliphatic hydroxyl groups excluding tert-OH is 2. The van der Waals surface area contributed by atoms with E-state index in [1.54, 1.807) is 13.8 Å². The summed E-state index contributed by atoms with van der Waals surface area (Å²) in [5, 5.41) is 24.2. The molecule has 7 nitrogen and oxygen atoms in total. The maximum atomic E-state index is 11.7. The normalized spacial score (nSPS) is 13.0. The zero-order chi connectivity index (χ0) is 17.2. The second-order valence-electron chi connectivity index (χ2n) is 5.97. The molecule has 4 N–H and O–H groups in total. The number of nitrogens with zero attached hydrogens (tertiary/aromatic N) is 1. The molecule has 0 aromatic heterocycles. The van der Waals surface area contributed by atoms with Gasteiger partial charge in [0.2, 0.25) is 11.8 Å². The van der Waals surface area contributed by atoms with E-state index in [1.165, 1.54) is 0 Å². The average Bonchev–Trinajstić information content (AvgIpc) is 2.50. The SMILES string of the molecule is CCN(CC)CCNC(=O)CCNC(=O)[C@H](O)C(C)(C)CO. The van der Waals surface area contributed by atoms with Crippen molar-refractivity contribution in [2.75, 3.05) is 39.3 Å². The summed E-state index contributed by atoms with van der Waals surface area (Å²) in [5.74, 6) is -0.710. The lowest BCUT2D eigenvalue weighted by Gasteiger charge is -2.27. The van der Waals surface area contributed by atoms with Crippen molar-refractivity contribution in [2.45, 2.75) is 40.2 Å². The van der Waals surface area contributed by atoms with Gasteiger partial charge < -0.3 is 25.7 Å². The summed E-state index contributed by atoms with van der Waals surface area (Å²) in [4.78, 5) is 25.5. The van der Waals surface area contributed by atoms with E-state index in [4.69, 9.17) is 5.11 Å². The Morgan fingerprint density at radius 3 is 2.23 bits per heavy atom. The Bertz CT molecular complexity index is 344. The first-order valence-corrected chi connectivity index (χ1v) is 7.84. The van der Waals surface area contributed by atoms with Crippen LogP contribution >= 0.6 is 0 Å². The quantitative estimate of drug-likeness (QED) is 0.405. The maximum Gasteiger partial charge on any atom is 0.249 e. The number of likely N-dealkylation sites (N-methyl/N-ethyl adjacent to an activating group) is 1. The fourth-order valence-electron chi connectivity index (χ4n) is 1.82. The van der Waals surface area contributed by atoms with E-state index in [9.17, 15) is 14.7 Å². The molecule has 0 aliphatic carbocycles. The van der Waals surface area contributed by atoms with Gasteiger partial charge in [-0.05, 0) is 13.1 Å². The standard InChI is InChI=1S/C15H31N3O4/c1-5-18(6-2)10-9-16-12(20)7-8-17-14(22)13(21)15(3,4)11-19/h13,19,21H,5-11H2,1-4H3,(H,16,20)(H,17,22)/t13-/m0/s1. The van der Waals surface area contributed by atoms with Crippen LogP contribution in [0.15, 0.2) is 0 Å². The minimum atomic E-state index is -1.30. The van der Waals surface area contributed by atoms with E-state index in [0.29, 0.717) is 6.54 Å². The topological polar surface area (TPSA) is 102 Å². The lowest BCUT2D eigenvalue weighted by Crippen LogP contribution is -2.46. The second-order valence-corrected chi connectivity index (χ2v) is 5.97. The van der Waals surface area contributed by atoms with E-state index in [-0.39, 0.29) is 25.5 Å². The van der Waals surface area contributed by atoms with Gasteiger partial charge in [-0.1, -0.05) is 27.7 Å². The van der Waals surface area contributed by atoms with Gasteiger partial charge in [0.15, 0.2) is 0 Å². The highest BCUT2D eigenvalue weighted by atomic mass is 16.3. The molecular weight excluding hydrogens is 286 g/mol. The van der Waals surface area contributed by atoms with Crippen molar-refractivity contribution in [3.8, 4) is 0 Å². The molecule has 1 atom stereocenters. The van der Waals surface area contributed by atoms with E-state index >= 15 is 0 Å². The van der Waals surface area contributed by atoms with Crippen molar-refractivity contribution >= 4 is 11.8 Å². The molecule has 0 rings (SSSR count). The number of hydrogen-bond donors (Lipinski definition) is 4. The third kappa shape index (κ3) is 7.72. The molecule has 7 heteroatoms. The van der Waals surface area contributed by atoms with E-state index in [0.717, 1.165) is 19.6 Å². The maximum absolute atomic E-state index is 11.7. The first-order valence-electron chi connectivity index (χ1n) is 7.84. The minimum absolute atomic E-state index is 0.136. The summed E-state index contributed by atoms with van der Waals surface area (Å²) in [6.07, 6.45) is -1.14. The molecule has 0 unspecified atom stereocenters. The summed E-state index contributed by atoms with van der Waals surface area (Å²) < 4.78 is 0. The Balaban J connectivity index is 3.91. The Kier molecular flexibility index (Phi) is 9.97. The molecule has 0 radical (unpaired) electrons. The zero-order valence-electron chi connectivity index (χ0n) is 14.2. The summed E-state index contributed by atoms with van der Waals surface area (Å²) in [6, 6.07) is 0. The lowest BCUT2D eigenvalue weighted by atomic mass is 9.87. The van der Waals surface area contributed by atoms with Crippen molar-refractivity contribution in [2.24, 2.45) is 5.41 Å². The van der Waals surface area contributed by atoms with Gasteiger partial charge in [-0.25, -0.2) is 0 Å². The monoisotopic (exact) mass is 317 g/mol. The molecule has 0 saturated carbocycles. The van der Waals surface area contributed by atoms with Crippen LogP contribution in [-0.2, 0) is 9.59 Å². The Morgan fingerprint density at radius 2 is 1.73 bits per heavy atom. The molecule has 0 aromatic carbocycles. The first-order chi connectivity index (χ1) is 10.3. The number of carbonyl (C=O) groups excluding carboxylic acids is 2. The van der Waals surface area contributed by atoms with Crippen LogP contribution in [-0.4, -0.2) is 72.4 Å². The van der Waals surface area contributed by atoms with Crippen molar-refractivity contribution < 1.29 is 19.8 Å². The molecule has 2 amide bonds. The first kappa shape index (κ1) is 20.8. The van der Waals surface area contributed by atoms with Crippen LogP contribution in [0.4, 0.5) is 0 Å². The summed E-state index contributed by atoms with van der Waals surface area (Å²) in [7, 11) is 0. The largest absolute Gasteiger partial charge is 0.396 e. The number of amides is 2. The van der Waals surface area contributed by atoms with Crippen LogP contribution in [0.5, 0.6) is 0 Å². The molecular formula is C15H31N3O4. The van der Waals surface area contributed by atoms with E-state index in [1.807, 2.05) is 0 Å². The zero-order valence-corrected chi connectivity index (χ0v) is 14.2. The van der Waals surface area contributed by atoms with Crippen molar-refractivity contribution in [3.05, 3.63) is 0 Å². The molecule has 130 valence electrons. The number of aliphatic hydroxyl groups is 2. The number of carbonyl (C=O) groups is 2. The van der Waals surface area contributed by atoms with Crippen LogP contribution in [0, 0.1) is 5.41 Å². The molecule has 0 aromatic rings. The highest BCUT2D eigenvalue weighted by molar-refractivity contribution is 5.82. The van der Waals surface area contributed by atoms with Crippen molar-refractivity contribution in [1.29, 1.82) is 0 Å². The smallest absolute Gasteiger partial charge is 0.249 e. The Labute approximate surface area is 133 Å². The molecule has 0 aliphatic rings. The van der Waals surface area contributed by atoms with E-state index in [2.05, 4.69) is 29.4 Å². The lowest BCUT2D eigenvalue weighted by molar-refractivity contribution is -0.137. The van der Waals surface area contributed by atoms with Crippen molar-refractivity contribution in [3.63, 3.8) is 0 Å². The van der Waals surface area contributed by atoms with Gasteiger partial charge in [0.1, 0.15) is 6.10 Å². The predicted molar refractivity (Wildman–Crippen MR) is 85.3 cm³/mol. The van der Waals surface area contributed by atoms with Gasteiger partial charge in [-0.15, -0.1) is 0 Å². The van der Waals surface area contributed by atoms with Crippen LogP contribution < -0.4 is 10.6 Å². The fourth-order valence-corrected chi connectivity index (χ4v) is 1.82. The molecule has 0 saturated heterocycles. The summed E-state index contributed by atoms with van der Waals surface area (Å²) >= 11 is 0. The predicted octanol–water partition coefficient (Wildman–Crippen LogP) is -0.670. The Morgan fingerprint density at radius 1 is 1.14 bits per heavy atom. The summed E-state index contributed by atoms with van der Waals surface area (Å²) in [6.45, 7) is 10.5. The highest BCUT2D eigenvalue weighted by Crippen LogP contribution is 2.19. The number of nitrogens with one attached hydrogen (secondary N) is 2. The third-order valence-electron chi connectivity index (χ3n) is 3.69. The van der Waals surface area contributed by atoms with Crippen LogP contribution in [0.3, 0.4) is 0 Å². The van der Waals surface area contributed by atoms with Gasteiger partial charge >= 0.3 is 0 Å². The molecule has 0 fully saturated rings. The molecule has 22 heavy (non-hydrogen) atoms. The Hall–Kier alpha value is -1.18. The van der Waals surface area contributed by atoms with Gasteiger partial charge in [-0.2, -0.15) is 0 Å². The van der Waals surface area contributed by atoms with Crippen LogP contribution in [0.25, 0.3) is 0 Å². The van der Waals surface area contributed by atoms with Crippen LogP contribution in [0.1, 0.15) is 34.1 Å². The molecule has 0 aliphatic heterocycles. The van der Waals surface area contributed by atoms with Gasteiger partial charge in [0, 0.05) is 31.5 Å². The fraction of sp³-hybridized carbons (Fsp3) is 0.867. The van der Waals surface area contributed by atoms with E-state index < -0.39 is 17.4 Å². The van der Waals surface area contributed by atoms with Crippen LogP contribution in [0.2, 0.25) is 0 Å². The minimum Gasteiger partial charge on any atom is -0.396 e. The number of hydrogen-bond acceptors (Lipinski definition) is 5. The van der Waals surface area contributed by atoms with Gasteiger partial charge in [-0.3, -0.25) is 9.59 Å². The molecule has 0 bridgehead atoms. The van der Waals surface area contributed by atoms with Gasteiger partial charge in [0.05, 0.1) is 6.61 Å². The molecule has 0 spiro atoms. The number of rotatable bonds is 11. The average molecular weight is 317 g/mol. The second kappa shape index (κ2) is 10.5. The molecule has 0 heterocycles. The summed E-state index contributed by atoms with van der Waals surface area (Å²) in [5.41, 5.74) is -0.907. The van der Waals surface area contributed by atoms with Crippen molar-refractivity contribution in [1.82, 2.24) is 15.5 Å². The van der Waals surface area contributed by atoms with Gasteiger partial charge in [0.25, 0.3) is 0 Å².